The fourth-order valence-electron chi connectivity index (χ4n) is 1.60. The summed E-state index contributed by atoms with van der Waals surface area (Å²) in [4.78, 5) is 11.7. The van der Waals surface area contributed by atoms with Crippen LogP contribution < -0.4 is 5.56 Å². The summed E-state index contributed by atoms with van der Waals surface area (Å²) in [5.41, 5.74) is 1.14. The van der Waals surface area contributed by atoms with Crippen molar-refractivity contribution in [2.45, 2.75) is 13.5 Å². The maximum absolute atomic E-state index is 11.7. The summed E-state index contributed by atoms with van der Waals surface area (Å²) < 4.78 is 1.28. The second kappa shape index (κ2) is 5.03. The number of nitrogens with zero attached hydrogens (tertiary/aromatic N) is 3. The summed E-state index contributed by atoms with van der Waals surface area (Å²) >= 11 is 5.81. The van der Waals surface area contributed by atoms with Gasteiger partial charge in [-0.1, -0.05) is 23.7 Å². The van der Waals surface area contributed by atoms with Gasteiger partial charge in [0.05, 0.1) is 5.69 Å². The monoisotopic (exact) mass is 259 g/mol. The third kappa shape index (κ3) is 2.27. The summed E-state index contributed by atoms with van der Waals surface area (Å²) in [6, 6.07) is 10.5. The van der Waals surface area contributed by atoms with Gasteiger partial charge in [0.1, 0.15) is 11.6 Å². The summed E-state index contributed by atoms with van der Waals surface area (Å²) in [6.07, 6.45) is 0. The van der Waals surface area contributed by atoms with Crippen molar-refractivity contribution in [3.63, 3.8) is 0 Å². The van der Waals surface area contributed by atoms with Gasteiger partial charge in [-0.25, -0.2) is 4.68 Å². The van der Waals surface area contributed by atoms with Gasteiger partial charge in [0.2, 0.25) is 0 Å². The van der Waals surface area contributed by atoms with Crippen LogP contribution in [0, 0.1) is 11.3 Å². The molecule has 90 valence electrons. The predicted octanol–water partition coefficient (Wildman–Crippen LogP) is 2.46. The highest BCUT2D eigenvalue weighted by Crippen LogP contribution is 2.19. The number of aryl methyl sites for hydroxylation is 1. The second-order valence-electron chi connectivity index (χ2n) is 3.68. The van der Waals surface area contributed by atoms with Crippen LogP contribution in [-0.2, 0) is 6.54 Å². The quantitative estimate of drug-likeness (QED) is 0.832. The average molecular weight is 260 g/mol. The zero-order valence-electron chi connectivity index (χ0n) is 9.72. The van der Waals surface area contributed by atoms with Crippen LogP contribution in [0.15, 0.2) is 35.1 Å². The average Bonchev–Trinajstić information content (AvgIpc) is 2.40. The molecule has 0 aliphatic rings. The van der Waals surface area contributed by atoms with Crippen LogP contribution in [0.5, 0.6) is 0 Å². The van der Waals surface area contributed by atoms with Crippen LogP contribution >= 0.6 is 11.6 Å². The van der Waals surface area contributed by atoms with Crippen molar-refractivity contribution < 1.29 is 0 Å². The molecule has 0 spiro atoms. The summed E-state index contributed by atoms with van der Waals surface area (Å²) in [6.45, 7) is 2.23. The lowest BCUT2D eigenvalue weighted by Crippen LogP contribution is -2.24. The van der Waals surface area contributed by atoms with Crippen LogP contribution in [0.3, 0.4) is 0 Å². The molecule has 2 rings (SSSR count). The third-order valence-electron chi connectivity index (χ3n) is 2.53. The smallest absolute Gasteiger partial charge is 0.266 e. The van der Waals surface area contributed by atoms with Crippen LogP contribution in [0.2, 0.25) is 5.02 Å². The van der Waals surface area contributed by atoms with Crippen LogP contribution in [-0.4, -0.2) is 9.78 Å². The molecule has 0 bridgehead atoms. The topological polar surface area (TPSA) is 58.7 Å². The molecule has 0 atom stereocenters. The van der Waals surface area contributed by atoms with Gasteiger partial charge >= 0.3 is 0 Å². The first kappa shape index (κ1) is 12.3. The molecule has 0 N–H and O–H groups in total. The Kier molecular flexibility index (Phi) is 3.45. The lowest BCUT2D eigenvalue weighted by Gasteiger charge is -2.06. The van der Waals surface area contributed by atoms with Crippen molar-refractivity contribution >= 4 is 11.6 Å². The molecule has 0 aliphatic carbocycles. The minimum absolute atomic E-state index is 0.0943. The van der Waals surface area contributed by atoms with E-state index >= 15 is 0 Å². The SMILES string of the molecule is CCn1nc(-c2ccc(Cl)cc2)cc(C#N)c1=O. The normalized spacial score (nSPS) is 10.1. The van der Waals surface area contributed by atoms with Gasteiger partial charge in [0, 0.05) is 17.1 Å². The molecule has 2 aromatic rings. The number of benzene rings is 1. The summed E-state index contributed by atoms with van der Waals surface area (Å²) in [5.74, 6) is 0. The number of halogens is 1. The van der Waals surface area contributed by atoms with E-state index in [4.69, 9.17) is 16.9 Å². The molecule has 0 fully saturated rings. The first-order valence-corrected chi connectivity index (χ1v) is 5.81. The molecule has 0 saturated carbocycles. The van der Waals surface area contributed by atoms with Crippen LogP contribution in [0.25, 0.3) is 11.3 Å². The Balaban J connectivity index is 2.62. The van der Waals surface area contributed by atoms with E-state index in [1.165, 1.54) is 10.7 Å². The third-order valence-corrected chi connectivity index (χ3v) is 2.79. The van der Waals surface area contributed by atoms with E-state index in [1.807, 2.05) is 6.07 Å². The maximum atomic E-state index is 11.7. The summed E-state index contributed by atoms with van der Waals surface area (Å²) in [5, 5.41) is 13.8. The van der Waals surface area contributed by atoms with Gasteiger partial charge in [0.15, 0.2) is 0 Å². The molecule has 0 aliphatic heterocycles. The van der Waals surface area contributed by atoms with Crippen molar-refractivity contribution in [1.29, 1.82) is 5.26 Å². The van der Waals surface area contributed by atoms with E-state index in [0.29, 0.717) is 17.3 Å². The van der Waals surface area contributed by atoms with Gasteiger partial charge < -0.3 is 0 Å². The molecule has 1 aromatic carbocycles. The van der Waals surface area contributed by atoms with E-state index in [1.54, 1.807) is 31.2 Å². The van der Waals surface area contributed by atoms with Gasteiger partial charge in [0.25, 0.3) is 5.56 Å². The fourth-order valence-corrected chi connectivity index (χ4v) is 1.72. The van der Waals surface area contributed by atoms with Crippen LogP contribution in [0.1, 0.15) is 12.5 Å². The highest BCUT2D eigenvalue weighted by atomic mass is 35.5. The maximum Gasteiger partial charge on any atom is 0.284 e. The lowest BCUT2D eigenvalue weighted by atomic mass is 10.1. The van der Waals surface area contributed by atoms with Crippen molar-refractivity contribution in [2.75, 3.05) is 0 Å². The zero-order valence-corrected chi connectivity index (χ0v) is 10.5. The van der Waals surface area contributed by atoms with Gasteiger partial charge in [-0.15, -0.1) is 0 Å². The Morgan fingerprint density at radius 2 is 2.06 bits per heavy atom. The Hall–Kier alpha value is -2.12. The molecular weight excluding hydrogens is 250 g/mol. The molecule has 1 aromatic heterocycles. The van der Waals surface area contributed by atoms with Crippen molar-refractivity contribution in [1.82, 2.24) is 9.78 Å². The lowest BCUT2D eigenvalue weighted by molar-refractivity contribution is 0.617. The highest BCUT2D eigenvalue weighted by molar-refractivity contribution is 6.30. The van der Waals surface area contributed by atoms with Crippen LogP contribution in [0.4, 0.5) is 0 Å². The minimum Gasteiger partial charge on any atom is -0.266 e. The Morgan fingerprint density at radius 1 is 1.39 bits per heavy atom. The molecule has 18 heavy (non-hydrogen) atoms. The number of aromatic nitrogens is 2. The Labute approximate surface area is 109 Å². The first-order valence-electron chi connectivity index (χ1n) is 5.44. The van der Waals surface area contributed by atoms with E-state index in [2.05, 4.69) is 5.10 Å². The van der Waals surface area contributed by atoms with Crippen molar-refractivity contribution in [2.24, 2.45) is 0 Å². The largest absolute Gasteiger partial charge is 0.284 e. The van der Waals surface area contributed by atoms with Gasteiger partial charge in [-0.2, -0.15) is 10.4 Å². The molecule has 5 heteroatoms. The molecule has 0 amide bonds. The number of hydrogen-bond donors (Lipinski definition) is 0. The minimum atomic E-state index is -0.363. The number of nitriles is 1. The standard InChI is InChI=1S/C13H10ClN3O/c1-2-17-13(18)10(8-15)7-12(16-17)9-3-5-11(14)6-4-9/h3-7H,2H2,1H3. The Morgan fingerprint density at radius 3 is 2.61 bits per heavy atom. The molecule has 4 nitrogen and oxygen atoms in total. The number of hydrogen-bond acceptors (Lipinski definition) is 3. The molecule has 0 unspecified atom stereocenters. The fraction of sp³-hybridized carbons (Fsp3) is 0.154. The molecule has 1 heterocycles. The van der Waals surface area contributed by atoms with E-state index in [9.17, 15) is 4.79 Å². The number of rotatable bonds is 2. The molecule has 0 radical (unpaired) electrons. The van der Waals surface area contributed by atoms with Gasteiger partial charge in [-0.3, -0.25) is 4.79 Å². The van der Waals surface area contributed by atoms with E-state index in [-0.39, 0.29) is 11.1 Å². The Bertz CT molecular complexity index is 668. The van der Waals surface area contributed by atoms with Crippen molar-refractivity contribution in [3.05, 3.63) is 51.3 Å². The van der Waals surface area contributed by atoms with E-state index < -0.39 is 0 Å². The van der Waals surface area contributed by atoms with Crippen molar-refractivity contribution in [3.8, 4) is 17.3 Å². The summed E-state index contributed by atoms with van der Waals surface area (Å²) in [7, 11) is 0. The van der Waals surface area contributed by atoms with Gasteiger partial charge in [-0.05, 0) is 25.1 Å². The second-order valence-corrected chi connectivity index (χ2v) is 4.12. The highest BCUT2D eigenvalue weighted by Gasteiger charge is 2.08. The first-order chi connectivity index (χ1) is 8.65. The van der Waals surface area contributed by atoms with E-state index in [0.717, 1.165) is 5.56 Å². The molecular formula is C13H10ClN3O. The molecule has 0 saturated heterocycles. The predicted molar refractivity (Wildman–Crippen MR) is 69.3 cm³/mol. The zero-order chi connectivity index (χ0) is 13.1.